The van der Waals surface area contributed by atoms with Gasteiger partial charge in [-0.1, -0.05) is 12.1 Å². The molecule has 2 unspecified atom stereocenters. The molecule has 108 valence electrons. The minimum Gasteiger partial charge on any atom is -0.447 e. The van der Waals surface area contributed by atoms with Crippen molar-refractivity contribution in [3.8, 4) is 0 Å². The van der Waals surface area contributed by atoms with Gasteiger partial charge in [-0.2, -0.15) is 0 Å². The molecule has 0 spiro atoms. The fraction of sp³-hybridized carbons (Fsp3) is 0.533. The normalized spacial score (nSPS) is 26.1. The summed E-state index contributed by atoms with van der Waals surface area (Å²) < 4.78 is 10.5. The van der Waals surface area contributed by atoms with Crippen molar-refractivity contribution in [2.75, 3.05) is 24.7 Å². The van der Waals surface area contributed by atoms with Gasteiger partial charge in [0.25, 0.3) is 0 Å². The van der Waals surface area contributed by atoms with Gasteiger partial charge in [0.2, 0.25) is 0 Å². The lowest BCUT2D eigenvalue weighted by Crippen LogP contribution is -2.34. The fourth-order valence-electron chi connectivity index (χ4n) is 2.67. The van der Waals surface area contributed by atoms with E-state index in [1.165, 1.54) is 5.56 Å². The SMILES string of the molecule is CC1OCCC1NCc1ccc(N2CCOC2=O)cc1. The van der Waals surface area contributed by atoms with Gasteiger partial charge in [0.15, 0.2) is 0 Å². The van der Waals surface area contributed by atoms with Crippen molar-refractivity contribution in [1.82, 2.24) is 5.32 Å². The maximum Gasteiger partial charge on any atom is 0.414 e. The average Bonchev–Trinajstić information content (AvgIpc) is 3.06. The molecule has 2 heterocycles. The Balaban J connectivity index is 1.57. The molecule has 2 fully saturated rings. The first kappa shape index (κ1) is 13.4. The van der Waals surface area contributed by atoms with Crippen molar-refractivity contribution in [2.45, 2.75) is 32.0 Å². The van der Waals surface area contributed by atoms with Crippen molar-refractivity contribution >= 4 is 11.8 Å². The number of carbonyl (C=O) groups excluding carboxylic acids is 1. The van der Waals surface area contributed by atoms with Crippen LogP contribution in [0.1, 0.15) is 18.9 Å². The summed E-state index contributed by atoms with van der Waals surface area (Å²) in [5, 5.41) is 3.52. The molecule has 0 aliphatic carbocycles. The van der Waals surface area contributed by atoms with Crippen LogP contribution in [-0.2, 0) is 16.0 Å². The Hall–Kier alpha value is -1.59. The average molecular weight is 276 g/mol. The second-order valence-corrected chi connectivity index (χ2v) is 5.28. The van der Waals surface area contributed by atoms with Gasteiger partial charge in [-0.25, -0.2) is 4.79 Å². The molecular formula is C15H20N2O3. The minimum absolute atomic E-state index is 0.257. The van der Waals surface area contributed by atoms with E-state index in [2.05, 4.69) is 24.4 Å². The number of benzene rings is 1. The number of hydrogen-bond acceptors (Lipinski definition) is 4. The number of nitrogens with one attached hydrogen (secondary N) is 1. The van der Waals surface area contributed by atoms with Gasteiger partial charge in [0.05, 0.1) is 12.6 Å². The Kier molecular flexibility index (Phi) is 3.89. The molecule has 1 aromatic rings. The van der Waals surface area contributed by atoms with Crippen LogP contribution in [0.4, 0.5) is 10.5 Å². The minimum atomic E-state index is -0.257. The number of hydrogen-bond donors (Lipinski definition) is 1. The van der Waals surface area contributed by atoms with Gasteiger partial charge < -0.3 is 14.8 Å². The van der Waals surface area contributed by atoms with Crippen LogP contribution in [0.15, 0.2) is 24.3 Å². The number of carbonyl (C=O) groups is 1. The van der Waals surface area contributed by atoms with Crippen LogP contribution in [0.2, 0.25) is 0 Å². The highest BCUT2D eigenvalue weighted by molar-refractivity contribution is 5.89. The van der Waals surface area contributed by atoms with Crippen molar-refractivity contribution in [2.24, 2.45) is 0 Å². The molecule has 0 radical (unpaired) electrons. The van der Waals surface area contributed by atoms with Gasteiger partial charge in [0.1, 0.15) is 6.61 Å². The highest BCUT2D eigenvalue weighted by Crippen LogP contribution is 2.19. The number of amides is 1. The van der Waals surface area contributed by atoms with E-state index in [9.17, 15) is 4.79 Å². The molecular weight excluding hydrogens is 256 g/mol. The zero-order valence-corrected chi connectivity index (χ0v) is 11.7. The summed E-state index contributed by atoms with van der Waals surface area (Å²) in [5.41, 5.74) is 2.11. The van der Waals surface area contributed by atoms with Crippen LogP contribution < -0.4 is 10.2 Å². The predicted molar refractivity (Wildman–Crippen MR) is 75.8 cm³/mol. The summed E-state index contributed by atoms with van der Waals surface area (Å²) in [7, 11) is 0. The number of rotatable bonds is 4. The van der Waals surface area contributed by atoms with Crippen molar-refractivity contribution in [3.05, 3.63) is 29.8 Å². The topological polar surface area (TPSA) is 50.8 Å². The summed E-state index contributed by atoms with van der Waals surface area (Å²) in [6.45, 7) is 4.87. The fourth-order valence-corrected chi connectivity index (χ4v) is 2.67. The van der Waals surface area contributed by atoms with Crippen LogP contribution in [-0.4, -0.2) is 38.0 Å². The first-order chi connectivity index (χ1) is 9.74. The maximum absolute atomic E-state index is 11.5. The van der Waals surface area contributed by atoms with E-state index in [0.29, 0.717) is 19.2 Å². The van der Waals surface area contributed by atoms with E-state index in [1.807, 2.05) is 12.1 Å². The van der Waals surface area contributed by atoms with E-state index in [4.69, 9.17) is 9.47 Å². The molecule has 2 saturated heterocycles. The summed E-state index contributed by atoms with van der Waals surface area (Å²) in [4.78, 5) is 13.1. The Morgan fingerprint density at radius 1 is 1.30 bits per heavy atom. The molecule has 2 aliphatic heterocycles. The molecule has 2 aliphatic rings. The Morgan fingerprint density at radius 2 is 2.10 bits per heavy atom. The first-order valence-corrected chi connectivity index (χ1v) is 7.12. The number of nitrogens with zero attached hydrogens (tertiary/aromatic N) is 1. The maximum atomic E-state index is 11.5. The summed E-state index contributed by atoms with van der Waals surface area (Å²) in [6, 6.07) is 8.47. The highest BCUT2D eigenvalue weighted by Gasteiger charge is 2.24. The molecule has 1 amide bonds. The zero-order chi connectivity index (χ0) is 13.9. The molecule has 5 nitrogen and oxygen atoms in total. The van der Waals surface area contributed by atoms with Gasteiger partial charge in [0, 0.05) is 24.9 Å². The van der Waals surface area contributed by atoms with Crippen molar-refractivity contribution < 1.29 is 14.3 Å². The molecule has 0 saturated carbocycles. The highest BCUT2D eigenvalue weighted by atomic mass is 16.6. The standard InChI is InChI=1S/C15H20N2O3/c1-11-14(6-8-19-11)16-10-12-2-4-13(5-3-12)17-7-9-20-15(17)18/h2-5,11,14,16H,6-10H2,1H3. The largest absolute Gasteiger partial charge is 0.447 e. The van der Waals surface area contributed by atoms with Gasteiger partial charge in [-0.3, -0.25) is 4.90 Å². The lowest BCUT2D eigenvalue weighted by Gasteiger charge is -2.17. The Morgan fingerprint density at radius 3 is 2.70 bits per heavy atom. The molecule has 1 aromatic carbocycles. The van der Waals surface area contributed by atoms with E-state index in [-0.39, 0.29) is 12.2 Å². The number of ether oxygens (including phenoxy) is 2. The van der Waals surface area contributed by atoms with Crippen LogP contribution in [0.5, 0.6) is 0 Å². The summed E-state index contributed by atoms with van der Waals surface area (Å²) in [5.74, 6) is 0. The lowest BCUT2D eigenvalue weighted by molar-refractivity contribution is 0.113. The van der Waals surface area contributed by atoms with E-state index < -0.39 is 0 Å². The number of cyclic esters (lactones) is 1. The smallest absolute Gasteiger partial charge is 0.414 e. The van der Waals surface area contributed by atoms with Crippen LogP contribution in [0.25, 0.3) is 0 Å². The van der Waals surface area contributed by atoms with Gasteiger partial charge >= 0.3 is 6.09 Å². The zero-order valence-electron chi connectivity index (χ0n) is 11.7. The quantitative estimate of drug-likeness (QED) is 0.912. The molecule has 0 aromatic heterocycles. The second-order valence-electron chi connectivity index (χ2n) is 5.28. The summed E-state index contributed by atoms with van der Waals surface area (Å²) >= 11 is 0. The number of anilines is 1. The van der Waals surface area contributed by atoms with Crippen LogP contribution >= 0.6 is 0 Å². The third kappa shape index (κ3) is 2.78. The monoisotopic (exact) mass is 276 g/mol. The molecule has 5 heteroatoms. The molecule has 2 atom stereocenters. The van der Waals surface area contributed by atoms with Crippen LogP contribution in [0.3, 0.4) is 0 Å². The van der Waals surface area contributed by atoms with E-state index >= 15 is 0 Å². The van der Waals surface area contributed by atoms with Gasteiger partial charge in [-0.05, 0) is 31.0 Å². The lowest BCUT2D eigenvalue weighted by atomic mass is 10.1. The molecule has 20 heavy (non-hydrogen) atoms. The Labute approximate surface area is 118 Å². The Bertz CT molecular complexity index is 475. The molecule has 0 bridgehead atoms. The van der Waals surface area contributed by atoms with E-state index in [0.717, 1.165) is 25.3 Å². The van der Waals surface area contributed by atoms with E-state index in [1.54, 1.807) is 4.90 Å². The third-order valence-electron chi connectivity index (χ3n) is 3.95. The van der Waals surface area contributed by atoms with Crippen LogP contribution in [0, 0.1) is 0 Å². The summed E-state index contributed by atoms with van der Waals surface area (Å²) in [6.07, 6.45) is 1.10. The van der Waals surface area contributed by atoms with Crippen molar-refractivity contribution in [3.63, 3.8) is 0 Å². The second kappa shape index (κ2) is 5.81. The predicted octanol–water partition coefficient (Wildman–Crippen LogP) is 1.91. The molecule has 1 N–H and O–H groups in total. The van der Waals surface area contributed by atoms with Crippen molar-refractivity contribution in [1.29, 1.82) is 0 Å². The third-order valence-corrected chi connectivity index (χ3v) is 3.95. The molecule has 3 rings (SSSR count). The van der Waals surface area contributed by atoms with Gasteiger partial charge in [-0.15, -0.1) is 0 Å². The first-order valence-electron chi connectivity index (χ1n) is 7.12.